The molecular weight excluding hydrogens is 388 g/mol. The van der Waals surface area contributed by atoms with E-state index in [0.717, 1.165) is 30.7 Å². The summed E-state index contributed by atoms with van der Waals surface area (Å²) in [5, 5.41) is 0. The van der Waals surface area contributed by atoms with E-state index >= 15 is 0 Å². The molecule has 0 aliphatic carbocycles. The predicted octanol–water partition coefficient (Wildman–Crippen LogP) is 2.99. The molecule has 0 bridgehead atoms. The molecule has 0 radical (unpaired) electrons. The second-order valence-electron chi connectivity index (χ2n) is 8.22. The Morgan fingerprint density at radius 2 is 1.84 bits per heavy atom. The highest BCUT2D eigenvalue weighted by Crippen LogP contribution is 2.45. The van der Waals surface area contributed by atoms with Crippen LogP contribution in [-0.4, -0.2) is 30.5 Å². The number of furan rings is 1. The van der Waals surface area contributed by atoms with Crippen molar-refractivity contribution in [1.82, 2.24) is 4.90 Å². The van der Waals surface area contributed by atoms with Gasteiger partial charge in [0.2, 0.25) is 0 Å². The maximum atomic E-state index is 13.0. The molecule has 1 spiro atoms. The van der Waals surface area contributed by atoms with Gasteiger partial charge in [0.25, 0.3) is 5.91 Å². The van der Waals surface area contributed by atoms with Crippen LogP contribution in [0.3, 0.4) is 0 Å². The van der Waals surface area contributed by atoms with Crippen molar-refractivity contribution in [3.63, 3.8) is 0 Å². The third-order valence-corrected chi connectivity index (χ3v) is 6.34. The third-order valence-electron chi connectivity index (χ3n) is 6.34. The van der Waals surface area contributed by atoms with Gasteiger partial charge in [-0.05, 0) is 61.2 Å². The van der Waals surface area contributed by atoms with Crippen molar-refractivity contribution >= 4 is 5.91 Å². The molecule has 0 saturated carbocycles. The van der Waals surface area contributed by atoms with Gasteiger partial charge in [-0.1, -0.05) is 24.1 Å². The number of fused-ring (bicyclic) bond motifs is 2. The zero-order chi connectivity index (χ0) is 21.3. The lowest BCUT2D eigenvalue weighted by Gasteiger charge is -2.38. The normalized spacial score (nSPS) is 16.4. The molecule has 2 aliphatic rings. The third kappa shape index (κ3) is 3.71. The molecule has 2 aliphatic heterocycles. The molecule has 1 amide bonds. The predicted molar refractivity (Wildman–Crippen MR) is 116 cm³/mol. The van der Waals surface area contributed by atoms with Crippen LogP contribution in [0, 0.1) is 11.8 Å². The molecule has 1 saturated heterocycles. The number of benzene rings is 2. The molecule has 2 aromatic carbocycles. The van der Waals surface area contributed by atoms with Crippen LogP contribution in [0.5, 0.6) is 5.75 Å². The monoisotopic (exact) mass is 413 g/mol. The van der Waals surface area contributed by atoms with Crippen molar-refractivity contribution in [3.8, 4) is 17.6 Å². The number of hydrogen-bond acceptors (Lipinski definition) is 3. The summed E-state index contributed by atoms with van der Waals surface area (Å²) in [4.78, 5) is 14.9. The second-order valence-corrected chi connectivity index (χ2v) is 8.22. The Morgan fingerprint density at radius 3 is 2.61 bits per heavy atom. The van der Waals surface area contributed by atoms with E-state index in [9.17, 15) is 4.79 Å². The van der Waals surface area contributed by atoms with Gasteiger partial charge in [0.1, 0.15) is 5.75 Å². The quantitative estimate of drug-likeness (QED) is 0.657. The van der Waals surface area contributed by atoms with Crippen molar-refractivity contribution in [2.45, 2.75) is 24.8 Å². The highest BCUT2D eigenvalue weighted by atomic mass is 16.5. The number of piperidine rings is 1. The van der Waals surface area contributed by atoms with Crippen molar-refractivity contribution in [2.75, 3.05) is 19.7 Å². The van der Waals surface area contributed by atoms with Crippen LogP contribution in [0.4, 0.5) is 0 Å². The Hall–Kier alpha value is -3.49. The van der Waals surface area contributed by atoms with E-state index in [1.165, 1.54) is 11.1 Å². The molecule has 31 heavy (non-hydrogen) atoms. The Morgan fingerprint density at radius 1 is 1.03 bits per heavy atom. The van der Waals surface area contributed by atoms with Crippen LogP contribution in [0.15, 0.2) is 65.1 Å². The summed E-state index contributed by atoms with van der Waals surface area (Å²) in [7, 11) is 0. The van der Waals surface area contributed by atoms with E-state index in [1.807, 2.05) is 35.2 Å². The smallest absolute Gasteiger partial charge is 0.289 e. The van der Waals surface area contributed by atoms with Gasteiger partial charge >= 0.3 is 0 Å². The first kappa shape index (κ1) is 19.5. The largest absolute Gasteiger partial charge is 0.492 e. The summed E-state index contributed by atoms with van der Waals surface area (Å²) < 4.78 is 11.7. The van der Waals surface area contributed by atoms with Gasteiger partial charge in [-0.15, -0.1) is 0 Å². The molecule has 1 aromatic heterocycles. The fraction of sp³-hybridized carbons (Fsp3) is 0.269. The minimum Gasteiger partial charge on any atom is -0.492 e. The van der Waals surface area contributed by atoms with E-state index < -0.39 is 0 Å². The molecule has 3 heterocycles. The molecule has 0 atom stereocenters. The first-order valence-electron chi connectivity index (χ1n) is 10.7. The van der Waals surface area contributed by atoms with E-state index in [0.29, 0.717) is 31.2 Å². The van der Waals surface area contributed by atoms with Crippen LogP contribution in [0.1, 0.15) is 45.8 Å². The van der Waals surface area contributed by atoms with E-state index in [4.69, 9.17) is 9.15 Å². The maximum absolute atomic E-state index is 13.0. The molecule has 1 fully saturated rings. The summed E-state index contributed by atoms with van der Waals surface area (Å²) in [5.74, 6) is 7.79. The number of rotatable bonds is 2. The lowest BCUT2D eigenvalue weighted by Crippen LogP contribution is -2.48. The Labute approximate surface area is 181 Å². The van der Waals surface area contributed by atoms with Gasteiger partial charge in [0.15, 0.2) is 11.5 Å². The number of nitrogens with zero attached hydrogens (tertiary/aromatic N) is 1. The minimum atomic E-state index is -0.0757. The maximum Gasteiger partial charge on any atom is 0.289 e. The zero-order valence-electron chi connectivity index (χ0n) is 17.4. The molecule has 5 heteroatoms. The fourth-order valence-corrected chi connectivity index (χ4v) is 4.45. The highest BCUT2D eigenvalue weighted by Gasteiger charge is 2.44. The van der Waals surface area contributed by atoms with Crippen LogP contribution >= 0.6 is 0 Å². The van der Waals surface area contributed by atoms with Crippen molar-refractivity contribution < 1.29 is 19.7 Å². The summed E-state index contributed by atoms with van der Waals surface area (Å²) in [5.41, 5.74) is 7.41. The summed E-state index contributed by atoms with van der Waals surface area (Å²) in [6, 6.07) is 19.6. The number of carbonyl (C=O) groups excluding carboxylic acids is 1. The first-order valence-corrected chi connectivity index (χ1v) is 10.7. The van der Waals surface area contributed by atoms with Crippen LogP contribution in [0.2, 0.25) is 0 Å². The average Bonchev–Trinajstić information content (AvgIpc) is 3.44. The summed E-state index contributed by atoms with van der Waals surface area (Å²) in [6.45, 7) is 2.82. The van der Waals surface area contributed by atoms with E-state index in [-0.39, 0.29) is 11.3 Å². The molecule has 5 nitrogen and oxygen atoms in total. The Kier molecular flexibility index (Phi) is 5.01. The zero-order valence-corrected chi connectivity index (χ0v) is 17.4. The van der Waals surface area contributed by atoms with Gasteiger partial charge in [-0.2, -0.15) is 0 Å². The van der Waals surface area contributed by atoms with E-state index in [1.54, 1.807) is 12.1 Å². The van der Waals surface area contributed by atoms with Crippen molar-refractivity contribution in [2.24, 2.45) is 0 Å². The van der Waals surface area contributed by atoms with Crippen LogP contribution in [0.25, 0.3) is 0 Å². The standard InChI is InChI=1S/C26H24N2O3/c27-17-20-7-10-23-22(16-20)26(18-30-23)12-14-28(15-13-26)25(29)24-11-9-21(31-24)8-6-19-4-2-1-3-5-19/h1-5,7,9-11,16H,12-15,17-18,27H2/p+1. The Bertz CT molecular complexity index is 1160. The van der Waals surface area contributed by atoms with Crippen molar-refractivity contribution in [3.05, 3.63) is 88.9 Å². The lowest BCUT2D eigenvalue weighted by molar-refractivity contribution is -0.386. The second kappa shape index (κ2) is 7.98. The van der Waals surface area contributed by atoms with Gasteiger partial charge in [0, 0.05) is 35.2 Å². The SMILES string of the molecule is [NH3+]Cc1ccc2c(c1)C1(CCN(C(=O)c3ccc(C#Cc4ccccc4)o3)CC1)CO2. The Balaban J connectivity index is 1.27. The van der Waals surface area contributed by atoms with Gasteiger partial charge in [-0.25, -0.2) is 0 Å². The molecule has 3 N–H and O–H groups in total. The van der Waals surface area contributed by atoms with Gasteiger partial charge in [0.05, 0.1) is 13.2 Å². The lowest BCUT2D eigenvalue weighted by atomic mass is 9.74. The summed E-state index contributed by atoms with van der Waals surface area (Å²) >= 11 is 0. The van der Waals surface area contributed by atoms with Gasteiger partial charge < -0.3 is 19.8 Å². The van der Waals surface area contributed by atoms with Crippen LogP contribution in [-0.2, 0) is 12.0 Å². The number of ether oxygens (including phenoxy) is 1. The first-order chi connectivity index (χ1) is 15.2. The number of amides is 1. The molecule has 5 rings (SSSR count). The molecule has 156 valence electrons. The number of likely N-dealkylation sites (tertiary alicyclic amines) is 1. The van der Waals surface area contributed by atoms with Gasteiger partial charge in [-0.3, -0.25) is 4.79 Å². The number of quaternary nitrogens is 1. The minimum absolute atomic E-state index is 0.00717. The summed E-state index contributed by atoms with van der Waals surface area (Å²) in [6.07, 6.45) is 1.77. The average molecular weight is 413 g/mol. The van der Waals surface area contributed by atoms with Crippen LogP contribution < -0.4 is 10.5 Å². The van der Waals surface area contributed by atoms with Crippen molar-refractivity contribution in [1.29, 1.82) is 0 Å². The topological polar surface area (TPSA) is 70.3 Å². The molecule has 0 unspecified atom stereocenters. The molecule has 3 aromatic rings. The van der Waals surface area contributed by atoms with E-state index in [2.05, 4.69) is 35.8 Å². The highest BCUT2D eigenvalue weighted by molar-refractivity contribution is 5.91. The fourth-order valence-electron chi connectivity index (χ4n) is 4.45. The molecular formula is C26H25N2O3+. The number of carbonyl (C=O) groups is 1. The number of hydrogen-bond donors (Lipinski definition) is 1.